The molecule has 0 bridgehead atoms. The number of carbonyl (C=O) groups is 1. The van der Waals surface area contributed by atoms with E-state index < -0.39 is 15.9 Å². The van der Waals surface area contributed by atoms with Gasteiger partial charge in [-0.2, -0.15) is 0 Å². The van der Waals surface area contributed by atoms with Crippen LogP contribution in [0.4, 0.5) is 4.39 Å². The number of nitrogens with one attached hydrogen (secondary N) is 1. The van der Waals surface area contributed by atoms with E-state index in [1.807, 2.05) is 4.72 Å². The van der Waals surface area contributed by atoms with Crippen LogP contribution in [0.5, 0.6) is 11.5 Å². The number of hydrogen-bond donors (Lipinski definition) is 1. The van der Waals surface area contributed by atoms with Crippen molar-refractivity contribution < 1.29 is 22.3 Å². The molecule has 0 aliphatic heterocycles. The molecule has 2 aromatic carbocycles. The van der Waals surface area contributed by atoms with Crippen LogP contribution >= 0.6 is 0 Å². The Morgan fingerprint density at radius 2 is 1.68 bits per heavy atom. The smallest absolute Gasteiger partial charge is 0.264 e. The van der Waals surface area contributed by atoms with Crippen molar-refractivity contribution in [2.45, 2.75) is 6.92 Å². The van der Waals surface area contributed by atoms with Crippen LogP contribution in [-0.4, -0.2) is 20.6 Å². The minimum atomic E-state index is -3.61. The molecule has 0 saturated heterocycles. The van der Waals surface area contributed by atoms with Crippen molar-refractivity contribution in [3.8, 4) is 11.5 Å². The number of halogens is 1. The maximum atomic E-state index is 13.2. The lowest BCUT2D eigenvalue weighted by molar-refractivity contribution is 0.0981. The van der Waals surface area contributed by atoms with Gasteiger partial charge in [-0.3, -0.25) is 4.79 Å². The van der Waals surface area contributed by atoms with E-state index in [2.05, 4.69) is 0 Å². The predicted octanol–water partition coefficient (Wildman–Crippen LogP) is 2.62. The van der Waals surface area contributed by atoms with Gasteiger partial charge in [-0.15, -0.1) is 0 Å². The summed E-state index contributed by atoms with van der Waals surface area (Å²) in [6.45, 7) is 1.63. The molecule has 22 heavy (non-hydrogen) atoms. The molecule has 0 aromatic heterocycles. The molecule has 0 heterocycles. The van der Waals surface area contributed by atoms with Crippen LogP contribution in [0.15, 0.2) is 42.5 Å². The molecule has 2 rings (SSSR count). The van der Waals surface area contributed by atoms with Crippen molar-refractivity contribution in [1.29, 1.82) is 0 Å². The number of carbonyl (C=O) groups excluding carboxylic acids is 1. The highest BCUT2D eigenvalue weighted by Crippen LogP contribution is 2.23. The van der Waals surface area contributed by atoms with E-state index in [-0.39, 0.29) is 11.4 Å². The van der Waals surface area contributed by atoms with Crippen LogP contribution in [0, 0.1) is 12.7 Å². The lowest BCUT2D eigenvalue weighted by Gasteiger charge is -2.08. The van der Waals surface area contributed by atoms with Gasteiger partial charge >= 0.3 is 0 Å². The summed E-state index contributed by atoms with van der Waals surface area (Å²) < 4.78 is 42.6. The standard InChI is InChI=1S/C15H14FNO4S/c1-10-9-13(7-8-14(10)16)21-12-5-3-11(4-6-12)15(18)17-22(2,19)20/h3-9H,1-2H3,(H,17,18). The Hall–Kier alpha value is -2.41. The first-order valence-corrected chi connectivity index (χ1v) is 8.20. The zero-order chi connectivity index (χ0) is 16.3. The number of benzene rings is 2. The number of rotatable bonds is 4. The molecule has 5 nitrogen and oxygen atoms in total. The summed E-state index contributed by atoms with van der Waals surface area (Å²) in [5, 5.41) is 0. The van der Waals surface area contributed by atoms with Crippen LogP contribution in [0.3, 0.4) is 0 Å². The highest BCUT2D eigenvalue weighted by atomic mass is 32.2. The van der Waals surface area contributed by atoms with E-state index in [0.29, 0.717) is 17.1 Å². The molecule has 116 valence electrons. The molecule has 1 N–H and O–H groups in total. The Bertz CT molecular complexity index is 801. The van der Waals surface area contributed by atoms with Crippen LogP contribution < -0.4 is 9.46 Å². The molecular formula is C15H14FNO4S. The van der Waals surface area contributed by atoms with E-state index in [1.165, 1.54) is 36.4 Å². The summed E-state index contributed by atoms with van der Waals surface area (Å²) in [5.74, 6) is -0.124. The molecule has 0 unspecified atom stereocenters. The summed E-state index contributed by atoms with van der Waals surface area (Å²) in [6.07, 6.45) is 0.902. The lowest BCUT2D eigenvalue weighted by atomic mass is 10.2. The summed E-state index contributed by atoms with van der Waals surface area (Å²) in [6, 6.07) is 10.3. The Labute approximate surface area is 127 Å². The summed E-state index contributed by atoms with van der Waals surface area (Å²) in [7, 11) is -3.61. The van der Waals surface area contributed by atoms with E-state index >= 15 is 0 Å². The zero-order valence-electron chi connectivity index (χ0n) is 12.0. The molecule has 0 fully saturated rings. The van der Waals surface area contributed by atoms with Gasteiger partial charge in [-0.05, 0) is 55.0 Å². The Kier molecular flexibility index (Phi) is 4.46. The number of amides is 1. The SMILES string of the molecule is Cc1cc(Oc2ccc(C(=O)NS(C)(=O)=O)cc2)ccc1F. The molecule has 0 atom stereocenters. The Balaban J connectivity index is 2.12. The highest BCUT2D eigenvalue weighted by molar-refractivity contribution is 7.89. The second-order valence-corrected chi connectivity index (χ2v) is 6.49. The number of ether oxygens (including phenoxy) is 1. The van der Waals surface area contributed by atoms with Gasteiger partial charge in [0.05, 0.1) is 6.26 Å². The lowest BCUT2D eigenvalue weighted by Crippen LogP contribution is -2.29. The van der Waals surface area contributed by atoms with E-state index in [0.717, 1.165) is 6.26 Å². The second-order valence-electron chi connectivity index (χ2n) is 4.74. The van der Waals surface area contributed by atoms with E-state index in [4.69, 9.17) is 4.74 Å². The molecule has 0 spiro atoms. The van der Waals surface area contributed by atoms with Crippen molar-refractivity contribution in [2.24, 2.45) is 0 Å². The average Bonchev–Trinajstić information content (AvgIpc) is 2.42. The zero-order valence-corrected chi connectivity index (χ0v) is 12.8. The van der Waals surface area contributed by atoms with Gasteiger partial charge < -0.3 is 4.74 Å². The van der Waals surface area contributed by atoms with Crippen molar-refractivity contribution in [2.75, 3.05) is 6.26 Å². The van der Waals surface area contributed by atoms with Crippen molar-refractivity contribution in [3.63, 3.8) is 0 Å². The fourth-order valence-electron chi connectivity index (χ4n) is 1.72. The third-order valence-corrected chi connectivity index (χ3v) is 3.32. The highest BCUT2D eigenvalue weighted by Gasteiger charge is 2.11. The number of hydrogen-bond acceptors (Lipinski definition) is 4. The topological polar surface area (TPSA) is 72.5 Å². The molecule has 1 amide bonds. The third kappa shape index (κ3) is 4.29. The minimum Gasteiger partial charge on any atom is -0.457 e. The summed E-state index contributed by atoms with van der Waals surface area (Å²) in [4.78, 5) is 11.6. The van der Waals surface area contributed by atoms with Crippen molar-refractivity contribution in [1.82, 2.24) is 4.72 Å². The largest absolute Gasteiger partial charge is 0.457 e. The molecular weight excluding hydrogens is 309 g/mol. The predicted molar refractivity (Wildman–Crippen MR) is 80.0 cm³/mol. The maximum Gasteiger partial charge on any atom is 0.264 e. The van der Waals surface area contributed by atoms with Crippen LogP contribution in [0.2, 0.25) is 0 Å². The van der Waals surface area contributed by atoms with Crippen LogP contribution in [0.1, 0.15) is 15.9 Å². The molecule has 0 aliphatic rings. The van der Waals surface area contributed by atoms with Gasteiger partial charge in [0.1, 0.15) is 17.3 Å². The van der Waals surface area contributed by atoms with Gasteiger partial charge in [0.2, 0.25) is 10.0 Å². The van der Waals surface area contributed by atoms with Gasteiger partial charge in [-0.25, -0.2) is 17.5 Å². The van der Waals surface area contributed by atoms with Gasteiger partial charge in [0, 0.05) is 5.56 Å². The molecule has 7 heteroatoms. The minimum absolute atomic E-state index is 0.188. The van der Waals surface area contributed by atoms with E-state index in [9.17, 15) is 17.6 Å². The fourth-order valence-corrected chi connectivity index (χ4v) is 2.17. The molecule has 0 saturated carbocycles. The average molecular weight is 323 g/mol. The van der Waals surface area contributed by atoms with Crippen molar-refractivity contribution >= 4 is 15.9 Å². The first kappa shape index (κ1) is 16.0. The first-order chi connectivity index (χ1) is 10.2. The Morgan fingerprint density at radius 1 is 1.09 bits per heavy atom. The normalized spacial score (nSPS) is 11.0. The molecule has 0 radical (unpaired) electrons. The van der Waals surface area contributed by atoms with Crippen LogP contribution in [0.25, 0.3) is 0 Å². The monoisotopic (exact) mass is 323 g/mol. The fraction of sp³-hybridized carbons (Fsp3) is 0.133. The third-order valence-electron chi connectivity index (χ3n) is 2.76. The quantitative estimate of drug-likeness (QED) is 0.939. The van der Waals surface area contributed by atoms with Crippen molar-refractivity contribution in [3.05, 3.63) is 59.4 Å². The van der Waals surface area contributed by atoms with Gasteiger partial charge in [-0.1, -0.05) is 0 Å². The maximum absolute atomic E-state index is 13.2. The Morgan fingerprint density at radius 3 is 2.23 bits per heavy atom. The van der Waals surface area contributed by atoms with Crippen LogP contribution in [-0.2, 0) is 10.0 Å². The van der Waals surface area contributed by atoms with Gasteiger partial charge in [0.15, 0.2) is 0 Å². The summed E-state index contributed by atoms with van der Waals surface area (Å²) >= 11 is 0. The molecule has 2 aromatic rings. The number of aryl methyl sites for hydroxylation is 1. The first-order valence-electron chi connectivity index (χ1n) is 6.31. The van der Waals surface area contributed by atoms with E-state index in [1.54, 1.807) is 13.0 Å². The number of sulfonamides is 1. The summed E-state index contributed by atoms with van der Waals surface area (Å²) in [5.41, 5.74) is 0.648. The second kappa shape index (κ2) is 6.15. The van der Waals surface area contributed by atoms with Gasteiger partial charge in [0.25, 0.3) is 5.91 Å². The molecule has 0 aliphatic carbocycles.